The molecule has 0 fully saturated rings. The number of nitrogens with zero attached hydrogens (tertiary/aromatic N) is 3. The van der Waals surface area contributed by atoms with Gasteiger partial charge in [0.25, 0.3) is 5.91 Å². The minimum absolute atomic E-state index is 0.0434. The molecule has 30 heavy (non-hydrogen) atoms. The van der Waals surface area contributed by atoms with Crippen LogP contribution in [-0.2, 0) is 27.3 Å². The average Bonchev–Trinajstić information content (AvgIpc) is 2.72. The molecule has 0 aliphatic heterocycles. The van der Waals surface area contributed by atoms with Gasteiger partial charge in [0.05, 0.1) is 11.3 Å². The first-order chi connectivity index (χ1) is 14.2. The number of nitrogens with one attached hydrogen (secondary N) is 1. The number of rotatable bonds is 7. The molecule has 7 nitrogen and oxygen atoms in total. The van der Waals surface area contributed by atoms with Gasteiger partial charge in [0, 0.05) is 24.4 Å². The Morgan fingerprint density at radius 2 is 1.97 bits per heavy atom. The van der Waals surface area contributed by atoms with E-state index in [2.05, 4.69) is 20.6 Å². The quantitative estimate of drug-likeness (QED) is 0.547. The zero-order chi connectivity index (χ0) is 22.3. The Morgan fingerprint density at radius 1 is 1.23 bits per heavy atom. The van der Waals surface area contributed by atoms with Crippen LogP contribution in [0.25, 0.3) is 0 Å². The highest BCUT2D eigenvalue weighted by Crippen LogP contribution is 2.29. The minimum atomic E-state index is -4.48. The molecule has 0 spiro atoms. The number of alkyl halides is 3. The maximum absolute atomic E-state index is 12.9. The number of likely N-dealkylation sites (N-methyl/N-ethyl adjacent to an activating group) is 1. The summed E-state index contributed by atoms with van der Waals surface area (Å²) in [4.78, 5) is 26.2. The molecule has 1 N–H and O–H groups in total. The first kappa shape index (κ1) is 22.9. The van der Waals surface area contributed by atoms with Crippen molar-refractivity contribution in [3.05, 3.63) is 64.5 Å². The molecule has 10 heteroatoms. The molecule has 0 bridgehead atoms. The number of hydrogen-bond acceptors (Lipinski definition) is 6. The predicted molar refractivity (Wildman–Crippen MR) is 105 cm³/mol. The molecule has 0 atom stereocenters. The zero-order valence-electron chi connectivity index (χ0n) is 16.9. The van der Waals surface area contributed by atoms with Crippen molar-refractivity contribution in [2.45, 2.75) is 26.6 Å². The lowest BCUT2D eigenvalue weighted by Crippen LogP contribution is -2.29. The van der Waals surface area contributed by atoms with Crippen LogP contribution in [0.3, 0.4) is 0 Å². The van der Waals surface area contributed by atoms with Crippen LogP contribution in [0.1, 0.15) is 34.9 Å². The first-order valence-corrected chi connectivity index (χ1v) is 8.81. The van der Waals surface area contributed by atoms with Gasteiger partial charge in [0.1, 0.15) is 19.4 Å². The Hall–Kier alpha value is -3.43. The summed E-state index contributed by atoms with van der Waals surface area (Å²) < 4.78 is 38.6. The van der Waals surface area contributed by atoms with E-state index in [1.54, 1.807) is 12.1 Å². The van der Waals surface area contributed by atoms with Gasteiger partial charge in [0.2, 0.25) is 0 Å². The van der Waals surface area contributed by atoms with E-state index in [1.165, 1.54) is 21.1 Å². The fourth-order valence-corrected chi connectivity index (χ4v) is 2.58. The lowest BCUT2D eigenvalue weighted by molar-refractivity contribution is -0.137. The van der Waals surface area contributed by atoms with Crippen LogP contribution in [0.4, 0.5) is 13.2 Å². The van der Waals surface area contributed by atoms with Crippen LogP contribution in [0, 0.1) is 6.92 Å². The molecule has 0 saturated carbocycles. The summed E-state index contributed by atoms with van der Waals surface area (Å²) in [5, 5.41) is 10.2. The van der Waals surface area contributed by atoms with E-state index in [4.69, 9.17) is 9.68 Å². The van der Waals surface area contributed by atoms with Gasteiger partial charge in [-0.05, 0) is 31.5 Å². The summed E-state index contributed by atoms with van der Waals surface area (Å²) in [5.41, 5.74) is 1.38. The molecule has 0 aliphatic carbocycles. The highest BCUT2D eigenvalue weighted by Gasteiger charge is 2.30. The van der Waals surface area contributed by atoms with Gasteiger partial charge in [-0.15, -0.1) is 0 Å². The normalized spacial score (nSPS) is 12.5. The van der Waals surface area contributed by atoms with Crippen molar-refractivity contribution in [1.82, 2.24) is 10.3 Å². The van der Waals surface area contributed by atoms with Crippen molar-refractivity contribution < 1.29 is 27.6 Å². The number of benzene rings is 1. The second-order valence-electron chi connectivity index (χ2n) is 6.18. The summed E-state index contributed by atoms with van der Waals surface area (Å²) in [5.74, 6) is -0.448. The van der Waals surface area contributed by atoms with Crippen molar-refractivity contribution in [1.29, 1.82) is 0 Å². The molecule has 160 valence electrons. The van der Waals surface area contributed by atoms with Gasteiger partial charge < -0.3 is 15.0 Å². The Morgan fingerprint density at radius 3 is 2.60 bits per heavy atom. The number of pyridine rings is 1. The number of carbonyl (C=O) groups excluding carboxylic acids is 1. The Bertz CT molecular complexity index is 972. The predicted octanol–water partition coefficient (Wildman–Crippen LogP) is 3.45. The van der Waals surface area contributed by atoms with Crippen molar-refractivity contribution in [3.8, 4) is 0 Å². The van der Waals surface area contributed by atoms with Gasteiger partial charge in [0.15, 0.2) is 5.71 Å². The maximum Gasteiger partial charge on any atom is 0.416 e. The summed E-state index contributed by atoms with van der Waals surface area (Å²) in [6.07, 6.45) is -3.42. The zero-order valence-corrected chi connectivity index (χ0v) is 16.9. The van der Waals surface area contributed by atoms with Crippen LogP contribution in [0.2, 0.25) is 0 Å². The second-order valence-corrected chi connectivity index (χ2v) is 6.18. The highest BCUT2D eigenvalue weighted by atomic mass is 19.4. The van der Waals surface area contributed by atoms with Crippen LogP contribution < -0.4 is 5.32 Å². The van der Waals surface area contributed by atoms with Crippen molar-refractivity contribution in [2.24, 2.45) is 10.3 Å². The summed E-state index contributed by atoms with van der Waals surface area (Å²) in [6, 6.07) is 7.04. The number of amides is 1. The fourth-order valence-electron chi connectivity index (χ4n) is 2.58. The van der Waals surface area contributed by atoms with Gasteiger partial charge in [-0.1, -0.05) is 28.5 Å². The largest absolute Gasteiger partial charge is 0.416 e. The molecule has 1 heterocycles. The molecule has 0 saturated heterocycles. The second kappa shape index (κ2) is 9.86. The monoisotopic (exact) mass is 422 g/mol. The number of carbonyl (C=O) groups is 1. The molecule has 0 aliphatic rings. The van der Waals surface area contributed by atoms with E-state index in [0.29, 0.717) is 11.1 Å². The van der Waals surface area contributed by atoms with Crippen molar-refractivity contribution in [3.63, 3.8) is 0 Å². The van der Waals surface area contributed by atoms with E-state index >= 15 is 0 Å². The fraction of sp³-hybridized carbons (Fsp3) is 0.300. The molecule has 2 aromatic rings. The van der Waals surface area contributed by atoms with E-state index in [-0.39, 0.29) is 23.7 Å². The van der Waals surface area contributed by atoms with E-state index in [0.717, 1.165) is 23.9 Å². The van der Waals surface area contributed by atoms with Crippen LogP contribution >= 0.6 is 0 Å². The molecular weight excluding hydrogens is 401 g/mol. The van der Waals surface area contributed by atoms with Gasteiger partial charge in [-0.25, -0.2) is 0 Å². The molecular formula is C20H21F3N4O3. The average molecular weight is 422 g/mol. The molecule has 2 rings (SSSR count). The summed E-state index contributed by atoms with van der Waals surface area (Å²) in [7, 11) is 2.79. The maximum atomic E-state index is 12.9. The SMILES string of the molecule is CNC(=O)C(=NOC)c1cccc(C)c1CO/N=C(\C)c1cc(C(F)(F)F)ccn1. The highest BCUT2D eigenvalue weighted by molar-refractivity contribution is 6.45. The van der Waals surface area contributed by atoms with Gasteiger partial charge >= 0.3 is 6.18 Å². The number of aromatic nitrogens is 1. The third-order valence-electron chi connectivity index (χ3n) is 4.16. The molecule has 1 aromatic heterocycles. The van der Waals surface area contributed by atoms with Crippen LogP contribution in [0.5, 0.6) is 0 Å². The number of halogens is 3. The van der Waals surface area contributed by atoms with Gasteiger partial charge in [-0.3, -0.25) is 9.78 Å². The number of oxime groups is 2. The molecule has 0 unspecified atom stereocenters. The lowest BCUT2D eigenvalue weighted by Gasteiger charge is -2.13. The smallest absolute Gasteiger partial charge is 0.398 e. The summed E-state index contributed by atoms with van der Waals surface area (Å²) in [6.45, 7) is 3.27. The molecule has 0 radical (unpaired) electrons. The minimum Gasteiger partial charge on any atom is -0.398 e. The standard InChI is InChI=1S/C20H21F3N4O3/c1-12-6-5-7-15(18(27-29-4)19(28)24-3)16(12)11-30-26-13(2)17-10-14(8-9-25-17)20(21,22)23/h5-10H,11H2,1-4H3,(H,24,28)/b26-13+,27-18?. The van der Waals surface area contributed by atoms with E-state index in [1.807, 2.05) is 13.0 Å². The topological polar surface area (TPSA) is 85.2 Å². The molecule has 1 amide bonds. The Kier molecular flexibility index (Phi) is 7.51. The summed E-state index contributed by atoms with van der Waals surface area (Å²) >= 11 is 0. The third kappa shape index (κ3) is 5.56. The van der Waals surface area contributed by atoms with Gasteiger partial charge in [-0.2, -0.15) is 13.2 Å². The first-order valence-electron chi connectivity index (χ1n) is 8.81. The van der Waals surface area contributed by atoms with Crippen LogP contribution in [0.15, 0.2) is 46.8 Å². The Balaban J connectivity index is 2.28. The third-order valence-corrected chi connectivity index (χ3v) is 4.16. The van der Waals surface area contributed by atoms with Crippen molar-refractivity contribution >= 4 is 17.3 Å². The Labute approximate surface area is 171 Å². The van der Waals surface area contributed by atoms with E-state index < -0.39 is 17.6 Å². The lowest BCUT2D eigenvalue weighted by atomic mass is 9.98. The van der Waals surface area contributed by atoms with E-state index in [9.17, 15) is 18.0 Å². The molecule has 1 aromatic carbocycles. The number of aryl methyl sites for hydroxylation is 1. The number of hydrogen-bond donors (Lipinski definition) is 1. The van der Waals surface area contributed by atoms with Crippen molar-refractivity contribution in [2.75, 3.05) is 14.2 Å². The van der Waals surface area contributed by atoms with Crippen LogP contribution in [-0.4, -0.2) is 36.5 Å².